The minimum atomic E-state index is 1.05. The lowest BCUT2D eigenvalue weighted by Crippen LogP contribution is -2.07. The van der Waals surface area contributed by atoms with E-state index in [0.717, 1.165) is 15.1 Å². The molecule has 0 spiro atoms. The Labute approximate surface area is 95.7 Å². The van der Waals surface area contributed by atoms with Crippen molar-refractivity contribution in [3.8, 4) is 0 Å². The van der Waals surface area contributed by atoms with Crippen molar-refractivity contribution >= 4 is 42.6 Å². The van der Waals surface area contributed by atoms with Crippen LogP contribution in [-0.2, 0) is 0 Å². The van der Waals surface area contributed by atoms with Gasteiger partial charge >= 0.3 is 0 Å². The maximum atomic E-state index is 4.55. The van der Waals surface area contributed by atoms with Crippen LogP contribution in [-0.4, -0.2) is 19.1 Å². The molecular formula is C10H11BrN2S. The van der Waals surface area contributed by atoms with Crippen LogP contribution >= 0.6 is 27.3 Å². The van der Waals surface area contributed by atoms with Gasteiger partial charge in [-0.15, -0.1) is 0 Å². The van der Waals surface area contributed by atoms with Crippen LogP contribution in [0, 0.1) is 6.92 Å². The van der Waals surface area contributed by atoms with Crippen LogP contribution < -0.4 is 4.90 Å². The highest BCUT2D eigenvalue weighted by Gasteiger charge is 2.08. The zero-order valence-electron chi connectivity index (χ0n) is 8.34. The molecule has 0 radical (unpaired) electrons. The van der Waals surface area contributed by atoms with Crippen LogP contribution in [0.15, 0.2) is 16.6 Å². The second kappa shape index (κ2) is 3.51. The molecule has 0 N–H and O–H groups in total. The van der Waals surface area contributed by atoms with E-state index in [2.05, 4.69) is 40.0 Å². The van der Waals surface area contributed by atoms with E-state index in [1.54, 1.807) is 11.3 Å². The highest BCUT2D eigenvalue weighted by molar-refractivity contribution is 9.10. The lowest BCUT2D eigenvalue weighted by Gasteiger charge is -2.04. The van der Waals surface area contributed by atoms with Crippen LogP contribution in [0.5, 0.6) is 0 Å². The number of halogens is 1. The number of aryl methyl sites for hydroxylation is 1. The maximum Gasteiger partial charge on any atom is 0.185 e. The molecule has 0 aliphatic heterocycles. The van der Waals surface area contributed by atoms with Crippen LogP contribution in [0.4, 0.5) is 5.13 Å². The standard InChI is InChI=1S/C10H11BrN2S/c1-6-4-7(11)9-8(5-6)14-10(12-9)13(2)3/h4-5H,1-3H3. The minimum Gasteiger partial charge on any atom is -0.354 e. The van der Waals surface area contributed by atoms with Crippen LogP contribution in [0.25, 0.3) is 10.2 Å². The van der Waals surface area contributed by atoms with E-state index >= 15 is 0 Å². The molecule has 0 saturated heterocycles. The number of fused-ring (bicyclic) bond motifs is 1. The number of anilines is 1. The molecule has 0 aliphatic rings. The third-order valence-electron chi connectivity index (χ3n) is 1.96. The molecule has 4 heteroatoms. The van der Waals surface area contributed by atoms with E-state index in [-0.39, 0.29) is 0 Å². The molecule has 0 unspecified atom stereocenters. The van der Waals surface area contributed by atoms with E-state index in [1.165, 1.54) is 10.3 Å². The summed E-state index contributed by atoms with van der Waals surface area (Å²) in [5.41, 5.74) is 2.32. The molecule has 0 atom stereocenters. The lowest BCUT2D eigenvalue weighted by atomic mass is 10.2. The second-order valence-electron chi connectivity index (χ2n) is 3.48. The number of rotatable bonds is 1. The highest BCUT2D eigenvalue weighted by Crippen LogP contribution is 2.33. The Morgan fingerprint density at radius 1 is 1.36 bits per heavy atom. The lowest BCUT2D eigenvalue weighted by molar-refractivity contribution is 1.11. The molecule has 2 aromatic rings. The van der Waals surface area contributed by atoms with Gasteiger partial charge in [-0.25, -0.2) is 4.98 Å². The van der Waals surface area contributed by atoms with Crippen molar-refractivity contribution in [3.63, 3.8) is 0 Å². The van der Waals surface area contributed by atoms with Crippen LogP contribution in [0.3, 0.4) is 0 Å². The SMILES string of the molecule is Cc1cc(Br)c2nc(N(C)C)sc2c1. The van der Waals surface area contributed by atoms with Gasteiger partial charge in [-0.05, 0) is 40.5 Å². The summed E-state index contributed by atoms with van der Waals surface area (Å²) in [6.07, 6.45) is 0. The molecular weight excluding hydrogens is 260 g/mol. The molecule has 74 valence electrons. The fraction of sp³-hybridized carbons (Fsp3) is 0.300. The van der Waals surface area contributed by atoms with Gasteiger partial charge < -0.3 is 4.90 Å². The van der Waals surface area contributed by atoms with E-state index < -0.39 is 0 Å². The normalized spacial score (nSPS) is 10.9. The van der Waals surface area contributed by atoms with Gasteiger partial charge in [0.1, 0.15) is 0 Å². The molecule has 1 heterocycles. The fourth-order valence-electron chi connectivity index (χ4n) is 1.30. The number of aromatic nitrogens is 1. The second-order valence-corrected chi connectivity index (χ2v) is 5.35. The van der Waals surface area contributed by atoms with E-state index in [9.17, 15) is 0 Å². The third-order valence-corrected chi connectivity index (χ3v) is 3.74. The molecule has 0 aliphatic carbocycles. The zero-order valence-corrected chi connectivity index (χ0v) is 10.7. The number of benzene rings is 1. The number of hydrogen-bond donors (Lipinski definition) is 0. The Hall–Kier alpha value is -0.610. The number of thiazole rings is 1. The Kier molecular flexibility index (Phi) is 2.49. The topological polar surface area (TPSA) is 16.1 Å². The molecule has 1 aromatic carbocycles. The third kappa shape index (κ3) is 1.64. The van der Waals surface area contributed by atoms with Gasteiger partial charge in [0.25, 0.3) is 0 Å². The summed E-state index contributed by atoms with van der Waals surface area (Å²) >= 11 is 5.25. The van der Waals surface area contributed by atoms with E-state index in [1.807, 2.05) is 19.0 Å². The number of nitrogens with zero attached hydrogens (tertiary/aromatic N) is 2. The molecule has 2 nitrogen and oxygen atoms in total. The average Bonchev–Trinajstić information content (AvgIpc) is 2.47. The van der Waals surface area contributed by atoms with Crippen LogP contribution in [0.1, 0.15) is 5.56 Å². The first-order valence-electron chi connectivity index (χ1n) is 4.32. The summed E-state index contributed by atoms with van der Waals surface area (Å²) < 4.78 is 2.32. The first kappa shape index (κ1) is 9.93. The molecule has 0 saturated carbocycles. The zero-order chi connectivity index (χ0) is 10.3. The molecule has 0 amide bonds. The van der Waals surface area contributed by atoms with Gasteiger partial charge in [-0.3, -0.25) is 0 Å². The fourth-order valence-corrected chi connectivity index (χ4v) is 3.10. The highest BCUT2D eigenvalue weighted by atomic mass is 79.9. The summed E-state index contributed by atoms with van der Waals surface area (Å²) in [5.74, 6) is 0. The molecule has 14 heavy (non-hydrogen) atoms. The maximum absolute atomic E-state index is 4.55. The van der Waals surface area contributed by atoms with Gasteiger partial charge in [0.15, 0.2) is 5.13 Å². The van der Waals surface area contributed by atoms with Crippen molar-refractivity contribution in [2.24, 2.45) is 0 Å². The predicted octanol–water partition coefficient (Wildman–Crippen LogP) is 3.43. The Morgan fingerprint density at radius 3 is 2.71 bits per heavy atom. The Bertz CT molecular complexity index is 476. The Morgan fingerprint density at radius 2 is 2.07 bits per heavy atom. The van der Waals surface area contributed by atoms with E-state index in [0.29, 0.717) is 0 Å². The first-order valence-corrected chi connectivity index (χ1v) is 5.93. The quantitative estimate of drug-likeness (QED) is 0.790. The van der Waals surface area contributed by atoms with Crippen molar-refractivity contribution in [2.75, 3.05) is 19.0 Å². The largest absolute Gasteiger partial charge is 0.354 e. The van der Waals surface area contributed by atoms with E-state index in [4.69, 9.17) is 0 Å². The monoisotopic (exact) mass is 270 g/mol. The summed E-state index contributed by atoms with van der Waals surface area (Å²) in [6.45, 7) is 2.10. The molecule has 1 aromatic heterocycles. The average molecular weight is 271 g/mol. The molecule has 2 rings (SSSR count). The molecule has 0 fully saturated rings. The van der Waals surface area contributed by atoms with Crippen molar-refractivity contribution in [1.82, 2.24) is 4.98 Å². The van der Waals surface area contributed by atoms with Crippen molar-refractivity contribution in [3.05, 3.63) is 22.2 Å². The Balaban J connectivity index is 2.70. The summed E-state index contributed by atoms with van der Waals surface area (Å²) in [6, 6.07) is 4.27. The van der Waals surface area contributed by atoms with Crippen molar-refractivity contribution in [2.45, 2.75) is 6.92 Å². The number of hydrogen-bond acceptors (Lipinski definition) is 3. The summed E-state index contributed by atoms with van der Waals surface area (Å²) in [4.78, 5) is 6.58. The summed E-state index contributed by atoms with van der Waals surface area (Å²) in [7, 11) is 4.02. The minimum absolute atomic E-state index is 1.05. The van der Waals surface area contributed by atoms with Gasteiger partial charge in [-0.1, -0.05) is 11.3 Å². The predicted molar refractivity (Wildman–Crippen MR) is 66.4 cm³/mol. The van der Waals surface area contributed by atoms with Gasteiger partial charge in [0.05, 0.1) is 10.2 Å². The van der Waals surface area contributed by atoms with Crippen molar-refractivity contribution < 1.29 is 0 Å². The molecule has 0 bridgehead atoms. The van der Waals surface area contributed by atoms with Crippen molar-refractivity contribution in [1.29, 1.82) is 0 Å². The smallest absolute Gasteiger partial charge is 0.185 e. The van der Waals surface area contributed by atoms with Gasteiger partial charge in [-0.2, -0.15) is 0 Å². The van der Waals surface area contributed by atoms with Gasteiger partial charge in [0.2, 0.25) is 0 Å². The first-order chi connectivity index (χ1) is 6.58. The van der Waals surface area contributed by atoms with Gasteiger partial charge in [0, 0.05) is 18.6 Å². The summed E-state index contributed by atoms with van der Waals surface area (Å²) in [5, 5.41) is 1.05. The van der Waals surface area contributed by atoms with Crippen LogP contribution in [0.2, 0.25) is 0 Å².